The molecule has 0 bridgehead atoms. The Kier molecular flexibility index (Phi) is 4.78. The van der Waals surface area contributed by atoms with Crippen LogP contribution in [-0.4, -0.2) is 30.0 Å². The van der Waals surface area contributed by atoms with Crippen LogP contribution in [0.3, 0.4) is 0 Å². The maximum Gasteiger partial charge on any atom is 0.0641 e. The number of methoxy groups -OCH3 is 1. The lowest BCUT2D eigenvalue weighted by atomic mass is 10.2. The maximum atomic E-state index is 4.99. The highest BCUT2D eigenvalue weighted by molar-refractivity contribution is 5.23. The Bertz CT molecular complexity index is 307. The monoisotopic (exact) mass is 211 g/mol. The summed E-state index contributed by atoms with van der Waals surface area (Å²) < 4.78 is 6.92. The highest BCUT2D eigenvalue weighted by atomic mass is 16.5. The van der Waals surface area contributed by atoms with E-state index in [1.807, 2.05) is 11.7 Å². The van der Waals surface area contributed by atoms with E-state index in [1.165, 1.54) is 11.3 Å². The summed E-state index contributed by atoms with van der Waals surface area (Å²) in [5, 5.41) is 7.78. The van der Waals surface area contributed by atoms with Crippen molar-refractivity contribution in [1.82, 2.24) is 15.1 Å². The van der Waals surface area contributed by atoms with E-state index in [9.17, 15) is 0 Å². The molecule has 0 atom stereocenters. The maximum absolute atomic E-state index is 4.99. The molecule has 0 unspecified atom stereocenters. The zero-order valence-electron chi connectivity index (χ0n) is 10.1. The predicted octanol–water partition coefficient (Wildman–Crippen LogP) is 1.16. The molecular formula is C11H21N3O. The fraction of sp³-hybridized carbons (Fsp3) is 0.727. The highest BCUT2D eigenvalue weighted by Crippen LogP contribution is 2.10. The summed E-state index contributed by atoms with van der Waals surface area (Å²) in [6, 6.07) is 0. The Morgan fingerprint density at radius 2 is 2.13 bits per heavy atom. The van der Waals surface area contributed by atoms with Crippen LogP contribution in [0.4, 0.5) is 0 Å². The molecule has 4 nitrogen and oxygen atoms in total. The molecule has 1 aromatic heterocycles. The SMILES string of the molecule is COCCCNCc1c(C)nn(C)c1C. The fourth-order valence-corrected chi connectivity index (χ4v) is 1.63. The molecule has 0 aliphatic rings. The number of rotatable bonds is 6. The van der Waals surface area contributed by atoms with Gasteiger partial charge in [0.1, 0.15) is 0 Å². The molecule has 0 aromatic carbocycles. The van der Waals surface area contributed by atoms with Crippen molar-refractivity contribution >= 4 is 0 Å². The second-order valence-corrected chi connectivity index (χ2v) is 3.80. The number of ether oxygens (including phenoxy) is 1. The fourth-order valence-electron chi connectivity index (χ4n) is 1.63. The van der Waals surface area contributed by atoms with Crippen molar-refractivity contribution in [1.29, 1.82) is 0 Å². The first-order valence-electron chi connectivity index (χ1n) is 5.35. The van der Waals surface area contributed by atoms with Gasteiger partial charge >= 0.3 is 0 Å². The van der Waals surface area contributed by atoms with E-state index in [-0.39, 0.29) is 0 Å². The molecule has 0 amide bonds. The number of nitrogens with zero attached hydrogens (tertiary/aromatic N) is 2. The molecule has 0 radical (unpaired) electrons. The molecule has 1 heterocycles. The van der Waals surface area contributed by atoms with Gasteiger partial charge in [0.25, 0.3) is 0 Å². The van der Waals surface area contributed by atoms with Crippen LogP contribution >= 0.6 is 0 Å². The molecule has 1 rings (SSSR count). The summed E-state index contributed by atoms with van der Waals surface area (Å²) in [5.41, 5.74) is 3.68. The first-order chi connectivity index (χ1) is 7.16. The Balaban J connectivity index is 2.37. The molecule has 0 fully saturated rings. The van der Waals surface area contributed by atoms with Crippen LogP contribution in [0.2, 0.25) is 0 Å². The quantitative estimate of drug-likeness (QED) is 0.718. The number of nitrogens with one attached hydrogen (secondary N) is 1. The van der Waals surface area contributed by atoms with Crippen molar-refractivity contribution in [2.24, 2.45) is 7.05 Å². The summed E-state index contributed by atoms with van der Waals surface area (Å²) in [7, 11) is 3.71. The van der Waals surface area contributed by atoms with Crippen molar-refractivity contribution < 1.29 is 4.74 Å². The minimum atomic E-state index is 0.817. The van der Waals surface area contributed by atoms with E-state index in [4.69, 9.17) is 4.74 Å². The lowest BCUT2D eigenvalue weighted by molar-refractivity contribution is 0.194. The molecule has 4 heteroatoms. The Morgan fingerprint density at radius 1 is 1.40 bits per heavy atom. The third kappa shape index (κ3) is 3.32. The average Bonchev–Trinajstić information content (AvgIpc) is 2.44. The zero-order valence-corrected chi connectivity index (χ0v) is 10.1. The van der Waals surface area contributed by atoms with Crippen LogP contribution in [0, 0.1) is 13.8 Å². The standard InChI is InChI=1S/C11H21N3O/c1-9-11(10(2)14(3)13-9)8-12-6-5-7-15-4/h12H,5-8H2,1-4H3. The third-order valence-corrected chi connectivity index (χ3v) is 2.66. The van der Waals surface area contributed by atoms with Gasteiger partial charge in [-0.25, -0.2) is 0 Å². The first-order valence-corrected chi connectivity index (χ1v) is 5.35. The van der Waals surface area contributed by atoms with Crippen molar-refractivity contribution in [2.75, 3.05) is 20.3 Å². The first kappa shape index (κ1) is 12.2. The molecule has 0 aliphatic carbocycles. The van der Waals surface area contributed by atoms with Crippen LogP contribution in [0.5, 0.6) is 0 Å². The lowest BCUT2D eigenvalue weighted by Crippen LogP contribution is -2.17. The van der Waals surface area contributed by atoms with E-state index in [0.717, 1.165) is 31.8 Å². The Hall–Kier alpha value is -0.870. The van der Waals surface area contributed by atoms with Crippen LogP contribution in [0.1, 0.15) is 23.4 Å². The summed E-state index contributed by atoms with van der Waals surface area (Å²) in [5.74, 6) is 0. The van der Waals surface area contributed by atoms with E-state index in [1.54, 1.807) is 7.11 Å². The minimum Gasteiger partial charge on any atom is -0.385 e. The van der Waals surface area contributed by atoms with Gasteiger partial charge in [-0.05, 0) is 26.8 Å². The number of hydrogen-bond acceptors (Lipinski definition) is 3. The second kappa shape index (κ2) is 5.88. The third-order valence-electron chi connectivity index (χ3n) is 2.66. The molecule has 15 heavy (non-hydrogen) atoms. The predicted molar refractivity (Wildman–Crippen MR) is 60.9 cm³/mol. The zero-order chi connectivity index (χ0) is 11.3. The number of aryl methyl sites for hydroxylation is 2. The van der Waals surface area contributed by atoms with Crippen LogP contribution in [0.15, 0.2) is 0 Å². The van der Waals surface area contributed by atoms with Gasteiger partial charge in [-0.2, -0.15) is 5.10 Å². The summed E-state index contributed by atoms with van der Waals surface area (Å²) in [6.07, 6.45) is 1.05. The molecule has 86 valence electrons. The molecule has 1 N–H and O–H groups in total. The summed E-state index contributed by atoms with van der Waals surface area (Å²) >= 11 is 0. The molecule has 0 spiro atoms. The molecule has 0 saturated carbocycles. The van der Waals surface area contributed by atoms with Gasteiger partial charge in [0.15, 0.2) is 0 Å². The summed E-state index contributed by atoms with van der Waals surface area (Å²) in [6.45, 7) is 6.86. The van der Waals surface area contributed by atoms with Crippen LogP contribution in [0.25, 0.3) is 0 Å². The molecule has 0 saturated heterocycles. The van der Waals surface area contributed by atoms with Gasteiger partial charge in [-0.15, -0.1) is 0 Å². The summed E-state index contributed by atoms with van der Waals surface area (Å²) in [4.78, 5) is 0. The van der Waals surface area contributed by atoms with Gasteiger partial charge in [-0.3, -0.25) is 4.68 Å². The highest BCUT2D eigenvalue weighted by Gasteiger charge is 2.07. The van der Waals surface area contributed by atoms with Gasteiger partial charge in [-0.1, -0.05) is 0 Å². The van der Waals surface area contributed by atoms with E-state index in [0.29, 0.717) is 0 Å². The van der Waals surface area contributed by atoms with Crippen molar-refractivity contribution in [3.8, 4) is 0 Å². The molecule has 1 aromatic rings. The number of aromatic nitrogens is 2. The van der Waals surface area contributed by atoms with Gasteiger partial charge in [0, 0.05) is 38.6 Å². The van der Waals surface area contributed by atoms with Gasteiger partial charge < -0.3 is 10.1 Å². The number of hydrogen-bond donors (Lipinski definition) is 1. The lowest BCUT2D eigenvalue weighted by Gasteiger charge is -2.04. The average molecular weight is 211 g/mol. The normalized spacial score (nSPS) is 10.9. The van der Waals surface area contributed by atoms with E-state index >= 15 is 0 Å². The minimum absolute atomic E-state index is 0.817. The van der Waals surface area contributed by atoms with Crippen molar-refractivity contribution in [3.05, 3.63) is 17.0 Å². The van der Waals surface area contributed by atoms with Crippen molar-refractivity contribution in [2.45, 2.75) is 26.8 Å². The van der Waals surface area contributed by atoms with Crippen LogP contribution < -0.4 is 5.32 Å². The smallest absolute Gasteiger partial charge is 0.0641 e. The van der Waals surface area contributed by atoms with Crippen LogP contribution in [-0.2, 0) is 18.3 Å². The van der Waals surface area contributed by atoms with Crippen molar-refractivity contribution in [3.63, 3.8) is 0 Å². The topological polar surface area (TPSA) is 39.1 Å². The Labute approximate surface area is 91.6 Å². The largest absolute Gasteiger partial charge is 0.385 e. The molecule has 0 aliphatic heterocycles. The van der Waals surface area contributed by atoms with E-state index in [2.05, 4.69) is 24.3 Å². The van der Waals surface area contributed by atoms with Gasteiger partial charge in [0.05, 0.1) is 5.69 Å². The second-order valence-electron chi connectivity index (χ2n) is 3.80. The van der Waals surface area contributed by atoms with E-state index < -0.39 is 0 Å². The van der Waals surface area contributed by atoms with Gasteiger partial charge in [0.2, 0.25) is 0 Å². The molecular weight excluding hydrogens is 190 g/mol. The Morgan fingerprint density at radius 3 is 2.67 bits per heavy atom.